The van der Waals surface area contributed by atoms with Crippen LogP contribution >= 0.6 is 23.2 Å². The van der Waals surface area contributed by atoms with Crippen LogP contribution in [0, 0.1) is 6.92 Å². The Hall–Kier alpha value is -1.60. The molecule has 2 aromatic rings. The summed E-state index contributed by atoms with van der Waals surface area (Å²) in [5.41, 5.74) is -0.627. The molecule has 4 nitrogen and oxygen atoms in total. The van der Waals surface area contributed by atoms with Gasteiger partial charge in [-0.2, -0.15) is 18.3 Å². The van der Waals surface area contributed by atoms with E-state index in [1.807, 2.05) is 0 Å². The molecule has 0 saturated heterocycles. The van der Waals surface area contributed by atoms with E-state index in [9.17, 15) is 18.0 Å². The number of hydrogen-bond acceptors (Lipinski definition) is 3. The quantitative estimate of drug-likeness (QED) is 0.791. The molecule has 1 aromatic carbocycles. The van der Waals surface area contributed by atoms with Gasteiger partial charge in [0.2, 0.25) is 0 Å². The second kappa shape index (κ2) is 5.06. The van der Waals surface area contributed by atoms with Crippen LogP contribution in [0.3, 0.4) is 0 Å². The highest BCUT2D eigenvalue weighted by Crippen LogP contribution is 2.37. The van der Waals surface area contributed by atoms with Crippen molar-refractivity contribution in [1.29, 1.82) is 0 Å². The minimum absolute atomic E-state index is 0.0162. The number of carbonyl (C=O) groups is 1. The van der Waals surface area contributed by atoms with Crippen molar-refractivity contribution in [2.24, 2.45) is 0 Å². The molecule has 0 unspecified atom stereocenters. The van der Waals surface area contributed by atoms with Crippen LogP contribution in [0.5, 0.6) is 0 Å². The zero-order valence-corrected chi connectivity index (χ0v) is 11.4. The molecule has 0 N–H and O–H groups in total. The first-order chi connectivity index (χ1) is 9.24. The van der Waals surface area contributed by atoms with Gasteiger partial charge in [0.25, 0.3) is 0 Å². The standard InChI is InChI=1S/C11H6Cl2F3N3O/c1-5-9(4-20)18-19(17-5)10-7(12)2-6(3-8(10)13)11(14,15)16/h2-4H,1H3. The maximum Gasteiger partial charge on any atom is 0.416 e. The van der Waals surface area contributed by atoms with Crippen molar-refractivity contribution >= 4 is 29.5 Å². The Morgan fingerprint density at radius 2 is 1.75 bits per heavy atom. The van der Waals surface area contributed by atoms with Gasteiger partial charge in [-0.15, -0.1) is 9.90 Å². The van der Waals surface area contributed by atoms with Crippen LogP contribution < -0.4 is 0 Å². The van der Waals surface area contributed by atoms with Gasteiger partial charge in [0.05, 0.1) is 21.3 Å². The molecule has 0 aliphatic rings. The summed E-state index contributed by atoms with van der Waals surface area (Å²) in [6, 6.07) is 1.45. The highest BCUT2D eigenvalue weighted by atomic mass is 35.5. The number of rotatable bonds is 2. The van der Waals surface area contributed by atoms with Crippen LogP contribution in [0.4, 0.5) is 13.2 Å². The molecule has 0 bridgehead atoms. The number of aldehydes is 1. The van der Waals surface area contributed by atoms with Crippen molar-refractivity contribution in [3.8, 4) is 5.69 Å². The second-order valence-electron chi connectivity index (χ2n) is 3.86. The summed E-state index contributed by atoms with van der Waals surface area (Å²) < 4.78 is 37.8. The van der Waals surface area contributed by atoms with Gasteiger partial charge >= 0.3 is 6.18 Å². The molecule has 1 aromatic heterocycles. The summed E-state index contributed by atoms with van der Waals surface area (Å²) in [5, 5.41) is 7.16. The zero-order valence-electron chi connectivity index (χ0n) is 9.87. The third-order valence-electron chi connectivity index (χ3n) is 2.47. The highest BCUT2D eigenvalue weighted by Gasteiger charge is 2.32. The van der Waals surface area contributed by atoms with Gasteiger partial charge in [-0.1, -0.05) is 23.2 Å². The van der Waals surface area contributed by atoms with E-state index in [0.29, 0.717) is 12.0 Å². The molecule has 2 rings (SSSR count). The molecule has 0 aliphatic carbocycles. The lowest BCUT2D eigenvalue weighted by molar-refractivity contribution is -0.137. The number of alkyl halides is 3. The average molecular weight is 324 g/mol. The van der Waals surface area contributed by atoms with E-state index in [0.717, 1.165) is 16.9 Å². The van der Waals surface area contributed by atoms with E-state index in [-0.39, 0.29) is 21.4 Å². The van der Waals surface area contributed by atoms with Crippen molar-refractivity contribution < 1.29 is 18.0 Å². The molecule has 0 amide bonds. The smallest absolute Gasteiger partial charge is 0.296 e. The summed E-state index contributed by atoms with van der Waals surface area (Å²) in [5.74, 6) is 0. The molecule has 0 radical (unpaired) electrons. The SMILES string of the molecule is Cc1nn(-c2c(Cl)cc(C(F)(F)F)cc2Cl)nc1C=O. The lowest BCUT2D eigenvalue weighted by atomic mass is 10.2. The molecule has 0 spiro atoms. The summed E-state index contributed by atoms with van der Waals surface area (Å²) in [6.45, 7) is 1.53. The largest absolute Gasteiger partial charge is 0.416 e. The Morgan fingerprint density at radius 3 is 2.15 bits per heavy atom. The van der Waals surface area contributed by atoms with Crippen molar-refractivity contribution in [3.05, 3.63) is 39.1 Å². The Bertz CT molecular complexity index is 659. The number of aromatic nitrogens is 3. The molecule has 0 fully saturated rings. The Labute approximate surface area is 121 Å². The van der Waals surface area contributed by atoms with Crippen LogP contribution in [0.25, 0.3) is 5.69 Å². The van der Waals surface area contributed by atoms with Gasteiger partial charge in [-0.05, 0) is 19.1 Å². The van der Waals surface area contributed by atoms with Gasteiger partial charge in [-0.25, -0.2) is 0 Å². The zero-order chi connectivity index (χ0) is 15.1. The molecular weight excluding hydrogens is 318 g/mol. The summed E-state index contributed by atoms with van der Waals surface area (Å²) in [7, 11) is 0. The monoisotopic (exact) mass is 323 g/mol. The molecule has 9 heteroatoms. The predicted molar refractivity (Wildman–Crippen MR) is 66.5 cm³/mol. The van der Waals surface area contributed by atoms with E-state index < -0.39 is 11.7 Å². The predicted octanol–water partition coefficient (Wildman–Crippen LogP) is 3.71. The van der Waals surface area contributed by atoms with Crippen LogP contribution in [0.1, 0.15) is 21.7 Å². The average Bonchev–Trinajstić information content (AvgIpc) is 2.68. The summed E-state index contributed by atoms with van der Waals surface area (Å²) in [4.78, 5) is 11.6. The Morgan fingerprint density at radius 1 is 1.20 bits per heavy atom. The van der Waals surface area contributed by atoms with Gasteiger partial charge in [0.1, 0.15) is 11.4 Å². The van der Waals surface area contributed by atoms with Crippen LogP contribution in [0.2, 0.25) is 10.0 Å². The Balaban J connectivity index is 2.60. The van der Waals surface area contributed by atoms with Gasteiger partial charge in [0, 0.05) is 0 Å². The molecule has 20 heavy (non-hydrogen) atoms. The summed E-state index contributed by atoms with van der Waals surface area (Å²) in [6.07, 6.45) is -4.09. The van der Waals surface area contributed by atoms with Crippen LogP contribution in [-0.4, -0.2) is 21.3 Å². The fraction of sp³-hybridized carbons (Fsp3) is 0.182. The number of carbonyl (C=O) groups excluding carboxylic acids is 1. The molecule has 0 saturated carbocycles. The highest BCUT2D eigenvalue weighted by molar-refractivity contribution is 6.37. The third kappa shape index (κ3) is 2.64. The third-order valence-corrected chi connectivity index (χ3v) is 3.05. The van der Waals surface area contributed by atoms with Crippen molar-refractivity contribution in [2.45, 2.75) is 13.1 Å². The van der Waals surface area contributed by atoms with E-state index >= 15 is 0 Å². The van der Waals surface area contributed by atoms with E-state index in [2.05, 4.69) is 10.2 Å². The fourth-order valence-electron chi connectivity index (χ4n) is 1.52. The number of halogens is 5. The van der Waals surface area contributed by atoms with E-state index in [1.165, 1.54) is 6.92 Å². The molecular formula is C11H6Cl2F3N3O. The van der Waals surface area contributed by atoms with E-state index in [1.54, 1.807) is 0 Å². The first kappa shape index (κ1) is 14.8. The van der Waals surface area contributed by atoms with Crippen molar-refractivity contribution in [1.82, 2.24) is 15.0 Å². The normalized spacial score (nSPS) is 11.7. The minimum Gasteiger partial charge on any atom is -0.296 e. The molecule has 0 aliphatic heterocycles. The van der Waals surface area contributed by atoms with Gasteiger partial charge in [0.15, 0.2) is 6.29 Å². The number of nitrogens with zero attached hydrogens (tertiary/aromatic N) is 3. The van der Waals surface area contributed by atoms with Crippen LogP contribution in [0.15, 0.2) is 12.1 Å². The first-order valence-corrected chi connectivity index (χ1v) is 5.95. The fourth-order valence-corrected chi connectivity index (χ4v) is 2.16. The number of benzene rings is 1. The molecule has 1 heterocycles. The minimum atomic E-state index is -4.56. The number of aryl methyl sites for hydroxylation is 1. The van der Waals surface area contributed by atoms with E-state index in [4.69, 9.17) is 23.2 Å². The second-order valence-corrected chi connectivity index (χ2v) is 4.68. The lowest BCUT2D eigenvalue weighted by Crippen LogP contribution is -2.08. The maximum atomic E-state index is 12.6. The van der Waals surface area contributed by atoms with Crippen molar-refractivity contribution in [2.75, 3.05) is 0 Å². The van der Waals surface area contributed by atoms with Crippen molar-refractivity contribution in [3.63, 3.8) is 0 Å². The molecule has 106 valence electrons. The number of hydrogen-bond donors (Lipinski definition) is 0. The van der Waals surface area contributed by atoms with Crippen LogP contribution in [-0.2, 0) is 6.18 Å². The Kier molecular flexibility index (Phi) is 3.75. The molecule has 0 atom stereocenters. The lowest BCUT2D eigenvalue weighted by Gasteiger charge is -2.11. The maximum absolute atomic E-state index is 12.6. The van der Waals surface area contributed by atoms with Gasteiger partial charge < -0.3 is 0 Å². The summed E-state index contributed by atoms with van der Waals surface area (Å²) >= 11 is 11.6. The van der Waals surface area contributed by atoms with Gasteiger partial charge in [-0.3, -0.25) is 4.79 Å². The topological polar surface area (TPSA) is 47.8 Å². The first-order valence-electron chi connectivity index (χ1n) is 5.19.